The van der Waals surface area contributed by atoms with Crippen LogP contribution in [0, 0.1) is 5.41 Å². The summed E-state index contributed by atoms with van der Waals surface area (Å²) in [5.41, 5.74) is 3.99. The molecule has 0 aromatic heterocycles. The third-order valence-corrected chi connectivity index (χ3v) is 7.16. The highest BCUT2D eigenvalue weighted by Gasteiger charge is 2.32. The molecule has 3 aromatic rings. The normalized spacial score (nSPS) is 12.5. The summed E-state index contributed by atoms with van der Waals surface area (Å²) in [7, 11) is 1.07. The maximum absolute atomic E-state index is 6.59. The largest absolute Gasteiger partial charge is 0.423 e. The fraction of sp³-hybridized carbons (Fsp3) is 0.357. The van der Waals surface area contributed by atoms with Crippen molar-refractivity contribution >= 4 is 9.76 Å². The molecule has 3 heteroatoms. The van der Waals surface area contributed by atoms with Crippen LogP contribution in [-0.4, -0.2) is 30.1 Å². The Balaban J connectivity index is 1.73. The Morgan fingerprint density at radius 1 is 0.613 bits per heavy atom. The molecule has 164 valence electrons. The van der Waals surface area contributed by atoms with Gasteiger partial charge in [0.25, 0.3) is 0 Å². The zero-order valence-electron chi connectivity index (χ0n) is 19.2. The van der Waals surface area contributed by atoms with Gasteiger partial charge in [-0.05, 0) is 41.0 Å². The van der Waals surface area contributed by atoms with E-state index < -0.39 is 9.76 Å². The molecule has 0 aliphatic rings. The molecule has 0 aliphatic heterocycles. The second-order valence-electron chi connectivity index (χ2n) is 9.58. The molecular weight excluding hydrogens is 396 g/mol. The van der Waals surface area contributed by atoms with E-state index in [1.54, 1.807) is 0 Å². The highest BCUT2D eigenvalue weighted by atomic mass is 28.2. The molecule has 0 heterocycles. The van der Waals surface area contributed by atoms with Crippen LogP contribution in [-0.2, 0) is 28.4 Å². The third-order valence-electron chi connectivity index (χ3n) is 5.72. The topological polar surface area (TPSA) is 18.5 Å². The van der Waals surface area contributed by atoms with Gasteiger partial charge >= 0.3 is 0 Å². The van der Waals surface area contributed by atoms with E-state index in [1.165, 1.54) is 16.7 Å². The lowest BCUT2D eigenvalue weighted by Gasteiger charge is -2.35. The van der Waals surface area contributed by atoms with Gasteiger partial charge in [0.1, 0.15) is 0 Å². The highest BCUT2D eigenvalue weighted by molar-refractivity contribution is 6.32. The first-order valence-corrected chi connectivity index (χ1v) is 12.5. The maximum Gasteiger partial charge on any atom is 0.167 e. The Morgan fingerprint density at radius 2 is 1.03 bits per heavy atom. The number of hydrogen-bond donors (Lipinski definition) is 0. The van der Waals surface area contributed by atoms with Crippen molar-refractivity contribution < 1.29 is 9.16 Å². The Bertz CT molecular complexity index is 837. The number of rotatable bonds is 12. The molecule has 2 nitrogen and oxygen atoms in total. The van der Waals surface area contributed by atoms with Crippen LogP contribution in [0.4, 0.5) is 0 Å². The van der Waals surface area contributed by atoms with Gasteiger partial charge in [-0.3, -0.25) is 0 Å². The molecule has 31 heavy (non-hydrogen) atoms. The molecular formula is C28H36O2Si. The maximum atomic E-state index is 6.59. The van der Waals surface area contributed by atoms with Crippen LogP contribution in [0.25, 0.3) is 0 Å². The minimum atomic E-state index is -0.735. The summed E-state index contributed by atoms with van der Waals surface area (Å²) in [6, 6.07) is 32.3. The zero-order valence-corrected chi connectivity index (χ0v) is 20.6. The summed E-state index contributed by atoms with van der Waals surface area (Å²) in [4.78, 5) is 0. The SMILES string of the molecule is COCC(CO[SiH2]C(C)(C)Cc1ccccc1)(Cc1ccccc1)Cc1ccccc1. The lowest BCUT2D eigenvalue weighted by Crippen LogP contribution is -2.38. The quantitative estimate of drug-likeness (QED) is 0.345. The van der Waals surface area contributed by atoms with E-state index in [-0.39, 0.29) is 10.5 Å². The van der Waals surface area contributed by atoms with E-state index in [0.29, 0.717) is 6.61 Å². The number of methoxy groups -OCH3 is 1. The average Bonchev–Trinajstić information content (AvgIpc) is 2.75. The van der Waals surface area contributed by atoms with Crippen molar-refractivity contribution in [3.05, 3.63) is 108 Å². The van der Waals surface area contributed by atoms with Crippen LogP contribution in [0.15, 0.2) is 91.0 Å². The van der Waals surface area contributed by atoms with Gasteiger partial charge in [0, 0.05) is 19.1 Å². The predicted molar refractivity (Wildman–Crippen MR) is 133 cm³/mol. The Labute approximate surface area is 190 Å². The predicted octanol–water partition coefficient (Wildman–Crippen LogP) is 5.65. The smallest absolute Gasteiger partial charge is 0.167 e. The summed E-state index contributed by atoms with van der Waals surface area (Å²) < 4.78 is 12.4. The van der Waals surface area contributed by atoms with Gasteiger partial charge in [0.2, 0.25) is 0 Å². The minimum absolute atomic E-state index is 0.0761. The molecule has 3 rings (SSSR count). The van der Waals surface area contributed by atoms with Gasteiger partial charge < -0.3 is 9.16 Å². The first-order valence-electron chi connectivity index (χ1n) is 11.2. The molecule has 0 fully saturated rings. The van der Waals surface area contributed by atoms with Crippen LogP contribution in [0.2, 0.25) is 5.04 Å². The monoisotopic (exact) mass is 432 g/mol. The van der Waals surface area contributed by atoms with Crippen molar-refractivity contribution in [3.63, 3.8) is 0 Å². The van der Waals surface area contributed by atoms with Crippen LogP contribution in [0.3, 0.4) is 0 Å². The Kier molecular flexibility index (Phi) is 8.65. The van der Waals surface area contributed by atoms with E-state index in [9.17, 15) is 0 Å². The van der Waals surface area contributed by atoms with Gasteiger partial charge in [0.15, 0.2) is 9.76 Å². The van der Waals surface area contributed by atoms with Crippen molar-refractivity contribution in [2.45, 2.75) is 38.1 Å². The van der Waals surface area contributed by atoms with E-state index in [2.05, 4.69) is 105 Å². The average molecular weight is 433 g/mol. The molecule has 0 unspecified atom stereocenters. The fourth-order valence-electron chi connectivity index (χ4n) is 4.42. The molecule has 0 radical (unpaired) electrons. The number of hydrogen-bond acceptors (Lipinski definition) is 2. The lowest BCUT2D eigenvalue weighted by atomic mass is 9.78. The van der Waals surface area contributed by atoms with Gasteiger partial charge in [-0.2, -0.15) is 0 Å². The second-order valence-corrected chi connectivity index (χ2v) is 12.2. The van der Waals surface area contributed by atoms with E-state index in [0.717, 1.165) is 25.9 Å². The molecule has 0 amide bonds. The van der Waals surface area contributed by atoms with Crippen molar-refractivity contribution in [2.24, 2.45) is 5.41 Å². The molecule has 0 saturated carbocycles. The second kappa shape index (κ2) is 11.4. The van der Waals surface area contributed by atoms with Crippen LogP contribution in [0.1, 0.15) is 30.5 Å². The Morgan fingerprint density at radius 3 is 1.45 bits per heavy atom. The van der Waals surface area contributed by atoms with Crippen LogP contribution in [0.5, 0.6) is 0 Å². The molecule has 0 aliphatic carbocycles. The number of benzene rings is 3. The van der Waals surface area contributed by atoms with Gasteiger partial charge in [-0.1, -0.05) is 105 Å². The first kappa shape index (κ1) is 23.5. The minimum Gasteiger partial charge on any atom is -0.423 e. The summed E-state index contributed by atoms with van der Waals surface area (Å²) >= 11 is 0. The van der Waals surface area contributed by atoms with Gasteiger partial charge in [0.05, 0.1) is 6.61 Å². The van der Waals surface area contributed by atoms with Crippen LogP contribution < -0.4 is 0 Å². The zero-order chi connectivity index (χ0) is 22.0. The molecule has 0 spiro atoms. The highest BCUT2D eigenvalue weighted by Crippen LogP contribution is 2.32. The summed E-state index contributed by atoms with van der Waals surface area (Å²) in [5.74, 6) is 0. The van der Waals surface area contributed by atoms with E-state index in [1.807, 2.05) is 7.11 Å². The van der Waals surface area contributed by atoms with Crippen molar-refractivity contribution in [3.8, 4) is 0 Å². The molecule has 0 N–H and O–H groups in total. The fourth-order valence-corrected chi connectivity index (χ4v) is 5.89. The van der Waals surface area contributed by atoms with E-state index >= 15 is 0 Å². The van der Waals surface area contributed by atoms with Crippen molar-refractivity contribution in [1.82, 2.24) is 0 Å². The molecule has 0 saturated heterocycles. The summed E-state index contributed by atoms with van der Waals surface area (Å²) in [6.45, 7) is 6.11. The number of ether oxygens (including phenoxy) is 1. The van der Waals surface area contributed by atoms with Gasteiger partial charge in [-0.15, -0.1) is 0 Å². The molecule has 0 bridgehead atoms. The first-order chi connectivity index (χ1) is 15.0. The molecule has 0 atom stereocenters. The summed E-state index contributed by atoms with van der Waals surface area (Å²) in [6.07, 6.45) is 2.96. The Hall–Kier alpha value is -2.20. The molecule has 3 aromatic carbocycles. The van der Waals surface area contributed by atoms with Crippen molar-refractivity contribution in [1.29, 1.82) is 0 Å². The van der Waals surface area contributed by atoms with Crippen molar-refractivity contribution in [2.75, 3.05) is 20.3 Å². The lowest BCUT2D eigenvalue weighted by molar-refractivity contribution is 0.0378. The van der Waals surface area contributed by atoms with Crippen LogP contribution >= 0.6 is 0 Å². The van der Waals surface area contributed by atoms with E-state index in [4.69, 9.17) is 9.16 Å². The van der Waals surface area contributed by atoms with Gasteiger partial charge in [-0.25, -0.2) is 0 Å². The standard InChI is InChI=1S/C28H36O2Si/c1-27(2,19-24-13-7-4-8-14-24)31-30-23-28(22-29-3,20-25-15-9-5-10-16-25)21-26-17-11-6-12-18-26/h4-18H,19-23,31H2,1-3H3. The third kappa shape index (κ3) is 7.77. The summed E-state index contributed by atoms with van der Waals surface area (Å²) in [5, 5.41) is 0.208.